The fourth-order valence-corrected chi connectivity index (χ4v) is 2.17. The highest BCUT2D eigenvalue weighted by atomic mass is 35.5. The Morgan fingerprint density at radius 1 is 1.18 bits per heavy atom. The summed E-state index contributed by atoms with van der Waals surface area (Å²) in [4.78, 5) is 15.9. The fraction of sp³-hybridized carbons (Fsp3) is 0. The molecule has 3 rings (SSSR count). The van der Waals surface area contributed by atoms with Gasteiger partial charge >= 0.3 is 5.63 Å². The van der Waals surface area contributed by atoms with E-state index in [1.54, 1.807) is 42.5 Å². The second-order valence-corrected chi connectivity index (χ2v) is 4.93. The third-order valence-corrected chi connectivity index (χ3v) is 3.26. The van der Waals surface area contributed by atoms with Crippen LogP contribution in [0, 0.1) is 5.82 Å². The molecule has 0 spiro atoms. The van der Waals surface area contributed by atoms with Crippen LogP contribution in [0.25, 0.3) is 11.3 Å². The Bertz CT molecular complexity index is 899. The highest BCUT2D eigenvalue weighted by Crippen LogP contribution is 2.23. The van der Waals surface area contributed by atoms with Crippen LogP contribution in [0.1, 0.15) is 5.56 Å². The third-order valence-electron chi connectivity index (χ3n) is 3.03. The van der Waals surface area contributed by atoms with Gasteiger partial charge in [-0.2, -0.15) is 0 Å². The van der Waals surface area contributed by atoms with E-state index in [0.717, 1.165) is 0 Å². The molecule has 3 aromatic rings. The maximum Gasteiger partial charge on any atom is 0.366 e. The SMILES string of the molecule is O=c1o[nH]c(-c2ccccc2F)c1C=Nc1cccc(Cl)c1. The molecule has 6 heteroatoms. The Labute approximate surface area is 129 Å². The van der Waals surface area contributed by atoms with Crippen molar-refractivity contribution in [3.8, 4) is 11.3 Å². The molecular formula is C16H10ClFN2O2. The first-order valence-corrected chi connectivity index (χ1v) is 6.79. The zero-order valence-corrected chi connectivity index (χ0v) is 12.0. The topological polar surface area (TPSA) is 58.4 Å². The van der Waals surface area contributed by atoms with E-state index in [4.69, 9.17) is 16.1 Å². The second kappa shape index (κ2) is 5.99. The molecule has 0 amide bonds. The van der Waals surface area contributed by atoms with Gasteiger partial charge in [-0.1, -0.05) is 29.8 Å². The molecule has 0 aliphatic heterocycles. The molecule has 22 heavy (non-hydrogen) atoms. The molecule has 0 fully saturated rings. The molecule has 0 aliphatic rings. The average Bonchev–Trinajstić information content (AvgIpc) is 2.87. The zero-order valence-electron chi connectivity index (χ0n) is 11.2. The highest BCUT2D eigenvalue weighted by Gasteiger charge is 2.15. The first-order chi connectivity index (χ1) is 10.6. The van der Waals surface area contributed by atoms with Crippen molar-refractivity contribution in [1.82, 2.24) is 5.16 Å². The van der Waals surface area contributed by atoms with Crippen LogP contribution in [0.3, 0.4) is 0 Å². The summed E-state index contributed by atoms with van der Waals surface area (Å²) in [7, 11) is 0. The van der Waals surface area contributed by atoms with Crippen LogP contribution in [0.4, 0.5) is 10.1 Å². The van der Waals surface area contributed by atoms with E-state index in [1.165, 1.54) is 12.3 Å². The van der Waals surface area contributed by atoms with Gasteiger partial charge in [0.25, 0.3) is 0 Å². The molecule has 4 nitrogen and oxygen atoms in total. The number of benzene rings is 2. The number of halogens is 2. The minimum absolute atomic E-state index is 0.144. The maximum absolute atomic E-state index is 13.9. The van der Waals surface area contributed by atoms with Gasteiger partial charge in [0.2, 0.25) is 0 Å². The van der Waals surface area contributed by atoms with Gasteiger partial charge < -0.3 is 4.52 Å². The average molecular weight is 317 g/mol. The molecule has 110 valence electrons. The Balaban J connectivity index is 2.04. The summed E-state index contributed by atoms with van der Waals surface area (Å²) in [6, 6.07) is 12.9. The van der Waals surface area contributed by atoms with Gasteiger partial charge in [-0.25, -0.2) is 14.3 Å². The first-order valence-electron chi connectivity index (χ1n) is 6.41. The molecule has 0 saturated carbocycles. The van der Waals surface area contributed by atoms with Crippen LogP contribution in [-0.4, -0.2) is 11.4 Å². The minimum Gasteiger partial charge on any atom is -0.338 e. The van der Waals surface area contributed by atoms with Crippen molar-refractivity contribution in [3.63, 3.8) is 0 Å². The van der Waals surface area contributed by atoms with Crippen LogP contribution in [0.5, 0.6) is 0 Å². The van der Waals surface area contributed by atoms with Gasteiger partial charge in [-0.3, -0.25) is 4.99 Å². The number of nitrogens with one attached hydrogen (secondary N) is 1. The van der Waals surface area contributed by atoms with E-state index in [9.17, 15) is 9.18 Å². The summed E-state index contributed by atoms with van der Waals surface area (Å²) in [5.41, 5.74) is 0.580. The van der Waals surface area contributed by atoms with Crippen molar-refractivity contribution >= 4 is 23.5 Å². The first kappa shape index (κ1) is 14.3. The lowest BCUT2D eigenvalue weighted by molar-refractivity contribution is 0.393. The summed E-state index contributed by atoms with van der Waals surface area (Å²) in [5, 5.41) is 2.97. The van der Waals surface area contributed by atoms with E-state index in [2.05, 4.69) is 10.1 Å². The van der Waals surface area contributed by atoms with Gasteiger partial charge in [0.05, 0.1) is 11.4 Å². The highest BCUT2D eigenvalue weighted by molar-refractivity contribution is 6.30. The lowest BCUT2D eigenvalue weighted by Gasteiger charge is -1.99. The molecule has 0 aliphatic carbocycles. The van der Waals surface area contributed by atoms with Crippen molar-refractivity contribution in [3.05, 3.63) is 75.4 Å². The van der Waals surface area contributed by atoms with Crippen molar-refractivity contribution in [2.45, 2.75) is 0 Å². The smallest absolute Gasteiger partial charge is 0.338 e. The number of aliphatic imine (C=N–C) groups is 1. The van der Waals surface area contributed by atoms with Gasteiger partial charge in [0.15, 0.2) is 0 Å². The number of hydrogen-bond donors (Lipinski definition) is 1. The van der Waals surface area contributed by atoms with Crippen LogP contribution < -0.4 is 5.63 Å². The molecule has 0 saturated heterocycles. The number of aromatic amines is 1. The monoisotopic (exact) mass is 316 g/mol. The molecule has 0 unspecified atom stereocenters. The molecule has 0 bridgehead atoms. The van der Waals surface area contributed by atoms with E-state index >= 15 is 0 Å². The van der Waals surface area contributed by atoms with Gasteiger partial charge in [-0.15, -0.1) is 0 Å². The van der Waals surface area contributed by atoms with Crippen LogP contribution in [0.2, 0.25) is 5.02 Å². The molecule has 2 aromatic carbocycles. The molecule has 0 atom stereocenters. The predicted octanol–water partition coefficient (Wildman–Crippen LogP) is 4.18. The van der Waals surface area contributed by atoms with Crippen molar-refractivity contribution in [2.24, 2.45) is 4.99 Å². The zero-order chi connectivity index (χ0) is 15.5. The van der Waals surface area contributed by atoms with E-state index in [0.29, 0.717) is 10.7 Å². The summed E-state index contributed by atoms with van der Waals surface area (Å²) in [5.74, 6) is -0.461. The standard InChI is InChI=1S/C16H10ClFN2O2/c17-10-4-3-5-11(8-10)19-9-13-15(20-22-16(13)21)12-6-1-2-7-14(12)18/h1-9,20H. The minimum atomic E-state index is -0.621. The Morgan fingerprint density at radius 2 is 2.00 bits per heavy atom. The normalized spacial score (nSPS) is 11.2. The van der Waals surface area contributed by atoms with Crippen LogP contribution in [0.15, 0.2) is 62.8 Å². The summed E-state index contributed by atoms with van der Waals surface area (Å²) in [6.45, 7) is 0. The summed E-state index contributed by atoms with van der Waals surface area (Å²) < 4.78 is 18.6. The van der Waals surface area contributed by atoms with E-state index in [-0.39, 0.29) is 16.8 Å². The van der Waals surface area contributed by atoms with E-state index in [1.807, 2.05) is 0 Å². The molecule has 1 N–H and O–H groups in total. The molecular weight excluding hydrogens is 307 g/mol. The number of rotatable bonds is 3. The quantitative estimate of drug-likeness (QED) is 0.737. The van der Waals surface area contributed by atoms with Gasteiger partial charge in [-0.05, 0) is 30.3 Å². The van der Waals surface area contributed by atoms with Gasteiger partial charge in [0, 0.05) is 16.8 Å². The fourth-order valence-electron chi connectivity index (χ4n) is 1.99. The lowest BCUT2D eigenvalue weighted by atomic mass is 10.1. The Hall–Kier alpha value is -2.66. The van der Waals surface area contributed by atoms with Crippen molar-refractivity contribution in [2.75, 3.05) is 0 Å². The number of H-pyrrole nitrogens is 1. The second-order valence-electron chi connectivity index (χ2n) is 4.50. The van der Waals surface area contributed by atoms with Gasteiger partial charge in [0.1, 0.15) is 11.4 Å². The molecule has 0 radical (unpaired) electrons. The molecule has 1 heterocycles. The third kappa shape index (κ3) is 2.84. The summed E-state index contributed by atoms with van der Waals surface area (Å²) >= 11 is 5.87. The van der Waals surface area contributed by atoms with Crippen LogP contribution >= 0.6 is 11.6 Å². The van der Waals surface area contributed by atoms with Crippen molar-refractivity contribution < 1.29 is 8.91 Å². The predicted molar refractivity (Wildman–Crippen MR) is 83.4 cm³/mol. The maximum atomic E-state index is 13.9. The Kier molecular flexibility index (Phi) is 3.89. The van der Waals surface area contributed by atoms with Crippen LogP contribution in [-0.2, 0) is 0 Å². The Morgan fingerprint density at radius 3 is 2.77 bits per heavy atom. The number of hydrogen-bond acceptors (Lipinski definition) is 3. The lowest BCUT2D eigenvalue weighted by Crippen LogP contribution is -2.01. The number of aromatic nitrogens is 1. The van der Waals surface area contributed by atoms with Crippen molar-refractivity contribution in [1.29, 1.82) is 0 Å². The van der Waals surface area contributed by atoms with E-state index < -0.39 is 11.4 Å². The largest absolute Gasteiger partial charge is 0.366 e. The summed E-state index contributed by atoms with van der Waals surface area (Å²) in [6.07, 6.45) is 1.33. The molecule has 1 aromatic heterocycles. The number of nitrogens with zero attached hydrogens (tertiary/aromatic N) is 1.